The summed E-state index contributed by atoms with van der Waals surface area (Å²) in [6.07, 6.45) is 2.49. The van der Waals surface area contributed by atoms with E-state index in [9.17, 15) is 4.79 Å². The van der Waals surface area contributed by atoms with Crippen LogP contribution in [0.25, 0.3) is 0 Å². The van der Waals surface area contributed by atoms with Gasteiger partial charge in [-0.05, 0) is 30.9 Å². The fourth-order valence-corrected chi connectivity index (χ4v) is 2.70. The summed E-state index contributed by atoms with van der Waals surface area (Å²) in [5.74, 6) is 0.709. The van der Waals surface area contributed by atoms with Gasteiger partial charge >= 0.3 is 0 Å². The predicted octanol–water partition coefficient (Wildman–Crippen LogP) is 3.10. The van der Waals surface area contributed by atoms with E-state index >= 15 is 0 Å². The number of benzene rings is 1. The van der Waals surface area contributed by atoms with Gasteiger partial charge < -0.3 is 4.74 Å². The third kappa shape index (κ3) is 3.90. The first-order chi connectivity index (χ1) is 9.60. The van der Waals surface area contributed by atoms with Crippen LogP contribution in [0, 0.1) is 0 Å². The molecule has 1 saturated heterocycles. The van der Waals surface area contributed by atoms with Crippen molar-refractivity contribution in [3.05, 3.63) is 35.4 Å². The van der Waals surface area contributed by atoms with Gasteiger partial charge in [0.05, 0.1) is 12.6 Å². The SMILES string of the molecule is COC1CCCN(CC(=O)c2ccc(C(C)C)cc2)C1. The van der Waals surface area contributed by atoms with Crippen LogP contribution in [-0.2, 0) is 4.74 Å². The monoisotopic (exact) mass is 275 g/mol. The summed E-state index contributed by atoms with van der Waals surface area (Å²) in [5, 5.41) is 0. The number of carbonyl (C=O) groups excluding carboxylic acids is 1. The van der Waals surface area contributed by atoms with Crippen molar-refractivity contribution in [2.45, 2.75) is 38.7 Å². The first-order valence-electron chi connectivity index (χ1n) is 7.48. The van der Waals surface area contributed by atoms with Crippen LogP contribution >= 0.6 is 0 Å². The Morgan fingerprint density at radius 1 is 1.35 bits per heavy atom. The summed E-state index contributed by atoms with van der Waals surface area (Å²) >= 11 is 0. The van der Waals surface area contributed by atoms with Crippen molar-refractivity contribution in [3.63, 3.8) is 0 Å². The number of piperidine rings is 1. The standard InChI is InChI=1S/C17H25NO2/c1-13(2)14-6-8-15(9-7-14)17(19)12-18-10-4-5-16(11-18)20-3/h6-9,13,16H,4-5,10-12H2,1-3H3. The van der Waals surface area contributed by atoms with E-state index < -0.39 is 0 Å². The number of hydrogen-bond donors (Lipinski definition) is 0. The maximum Gasteiger partial charge on any atom is 0.176 e. The molecule has 1 aliphatic heterocycles. The van der Waals surface area contributed by atoms with Crippen LogP contribution < -0.4 is 0 Å². The van der Waals surface area contributed by atoms with Gasteiger partial charge in [0.2, 0.25) is 0 Å². The van der Waals surface area contributed by atoms with Crippen molar-refractivity contribution in [1.82, 2.24) is 4.90 Å². The molecule has 1 aromatic carbocycles. The zero-order valence-electron chi connectivity index (χ0n) is 12.8. The van der Waals surface area contributed by atoms with E-state index in [0.29, 0.717) is 12.5 Å². The molecule has 0 aliphatic carbocycles. The van der Waals surface area contributed by atoms with Crippen molar-refractivity contribution in [2.75, 3.05) is 26.7 Å². The summed E-state index contributed by atoms with van der Waals surface area (Å²) in [5.41, 5.74) is 2.09. The summed E-state index contributed by atoms with van der Waals surface area (Å²) in [6.45, 7) is 6.69. The summed E-state index contributed by atoms with van der Waals surface area (Å²) < 4.78 is 5.40. The van der Waals surface area contributed by atoms with Crippen LogP contribution in [0.1, 0.15) is 48.5 Å². The molecule has 0 saturated carbocycles. The first kappa shape index (κ1) is 15.2. The van der Waals surface area contributed by atoms with E-state index in [4.69, 9.17) is 4.74 Å². The van der Waals surface area contributed by atoms with E-state index in [0.717, 1.165) is 31.5 Å². The van der Waals surface area contributed by atoms with E-state index in [-0.39, 0.29) is 11.9 Å². The highest BCUT2D eigenvalue weighted by molar-refractivity contribution is 5.97. The molecule has 3 heteroatoms. The molecule has 110 valence electrons. The normalized spacial score (nSPS) is 20.3. The number of carbonyl (C=O) groups is 1. The average Bonchev–Trinajstić information content (AvgIpc) is 2.47. The summed E-state index contributed by atoms with van der Waals surface area (Å²) in [4.78, 5) is 14.5. The number of ketones is 1. The van der Waals surface area contributed by atoms with Crippen molar-refractivity contribution in [3.8, 4) is 0 Å². The van der Waals surface area contributed by atoms with Crippen molar-refractivity contribution in [2.24, 2.45) is 0 Å². The van der Waals surface area contributed by atoms with Gasteiger partial charge in [-0.15, -0.1) is 0 Å². The fraction of sp³-hybridized carbons (Fsp3) is 0.588. The van der Waals surface area contributed by atoms with Crippen LogP contribution in [0.3, 0.4) is 0 Å². The molecular weight excluding hydrogens is 250 g/mol. The number of rotatable bonds is 5. The van der Waals surface area contributed by atoms with Crippen LogP contribution in [0.4, 0.5) is 0 Å². The van der Waals surface area contributed by atoms with Crippen LogP contribution in [0.15, 0.2) is 24.3 Å². The second kappa shape index (κ2) is 7.00. The smallest absolute Gasteiger partial charge is 0.176 e. The Hall–Kier alpha value is -1.19. The molecule has 1 aliphatic rings. The Morgan fingerprint density at radius 2 is 2.05 bits per heavy atom. The highest BCUT2D eigenvalue weighted by atomic mass is 16.5. The molecule has 0 N–H and O–H groups in total. The molecule has 1 unspecified atom stereocenters. The lowest BCUT2D eigenvalue weighted by atomic mass is 10.00. The highest BCUT2D eigenvalue weighted by Crippen LogP contribution is 2.16. The number of methoxy groups -OCH3 is 1. The van der Waals surface area contributed by atoms with Gasteiger partial charge in [-0.2, -0.15) is 0 Å². The quantitative estimate of drug-likeness (QED) is 0.773. The van der Waals surface area contributed by atoms with E-state index in [2.05, 4.69) is 30.9 Å². The number of likely N-dealkylation sites (tertiary alicyclic amines) is 1. The molecule has 0 aromatic heterocycles. The molecule has 0 spiro atoms. The molecule has 2 rings (SSSR count). The van der Waals surface area contributed by atoms with E-state index in [1.54, 1.807) is 7.11 Å². The average molecular weight is 275 g/mol. The van der Waals surface area contributed by atoms with Crippen molar-refractivity contribution < 1.29 is 9.53 Å². The molecule has 1 fully saturated rings. The Bertz CT molecular complexity index is 439. The van der Waals surface area contributed by atoms with Crippen LogP contribution in [0.5, 0.6) is 0 Å². The minimum Gasteiger partial charge on any atom is -0.380 e. The Kier molecular flexibility index (Phi) is 5.32. The third-order valence-corrected chi connectivity index (χ3v) is 4.06. The molecule has 1 atom stereocenters. The molecule has 3 nitrogen and oxygen atoms in total. The number of hydrogen-bond acceptors (Lipinski definition) is 3. The maximum atomic E-state index is 12.3. The number of nitrogens with zero attached hydrogens (tertiary/aromatic N) is 1. The molecule has 0 bridgehead atoms. The molecule has 0 radical (unpaired) electrons. The zero-order valence-corrected chi connectivity index (χ0v) is 12.8. The Morgan fingerprint density at radius 3 is 2.65 bits per heavy atom. The largest absolute Gasteiger partial charge is 0.380 e. The van der Waals surface area contributed by atoms with Crippen molar-refractivity contribution >= 4 is 5.78 Å². The first-order valence-corrected chi connectivity index (χ1v) is 7.48. The van der Waals surface area contributed by atoms with Gasteiger partial charge in [-0.3, -0.25) is 9.69 Å². The second-order valence-corrected chi connectivity index (χ2v) is 5.93. The van der Waals surface area contributed by atoms with Gasteiger partial charge in [0.25, 0.3) is 0 Å². The minimum absolute atomic E-state index is 0.206. The van der Waals surface area contributed by atoms with Gasteiger partial charge in [-0.1, -0.05) is 38.1 Å². The lowest BCUT2D eigenvalue weighted by molar-refractivity contribution is 0.0314. The number of Topliss-reactive ketones (excluding diaryl/α,β-unsaturated/α-hetero) is 1. The zero-order chi connectivity index (χ0) is 14.5. The van der Waals surface area contributed by atoms with Crippen LogP contribution in [0.2, 0.25) is 0 Å². The summed E-state index contributed by atoms with van der Waals surface area (Å²) in [6, 6.07) is 8.03. The Labute approximate surface area is 121 Å². The van der Waals surface area contributed by atoms with Gasteiger partial charge in [0, 0.05) is 19.2 Å². The molecule has 1 heterocycles. The van der Waals surface area contributed by atoms with E-state index in [1.165, 1.54) is 5.56 Å². The highest BCUT2D eigenvalue weighted by Gasteiger charge is 2.21. The molecule has 0 amide bonds. The van der Waals surface area contributed by atoms with Gasteiger partial charge in [0.15, 0.2) is 5.78 Å². The topological polar surface area (TPSA) is 29.5 Å². The Balaban J connectivity index is 1.94. The van der Waals surface area contributed by atoms with Gasteiger partial charge in [0.1, 0.15) is 0 Å². The van der Waals surface area contributed by atoms with Crippen LogP contribution in [-0.4, -0.2) is 43.5 Å². The molecule has 20 heavy (non-hydrogen) atoms. The van der Waals surface area contributed by atoms with E-state index in [1.807, 2.05) is 12.1 Å². The predicted molar refractivity (Wildman–Crippen MR) is 81.3 cm³/mol. The van der Waals surface area contributed by atoms with Crippen molar-refractivity contribution in [1.29, 1.82) is 0 Å². The lowest BCUT2D eigenvalue weighted by Crippen LogP contribution is -2.41. The lowest BCUT2D eigenvalue weighted by Gasteiger charge is -2.31. The third-order valence-electron chi connectivity index (χ3n) is 4.06. The fourth-order valence-electron chi connectivity index (χ4n) is 2.70. The maximum absolute atomic E-state index is 12.3. The second-order valence-electron chi connectivity index (χ2n) is 5.93. The van der Waals surface area contributed by atoms with Gasteiger partial charge in [-0.25, -0.2) is 0 Å². The molecular formula is C17H25NO2. The number of ether oxygens (including phenoxy) is 1. The molecule has 1 aromatic rings. The minimum atomic E-state index is 0.206. The summed E-state index contributed by atoms with van der Waals surface area (Å²) in [7, 11) is 1.75.